The monoisotopic (exact) mass is 223 g/mol. The van der Waals surface area contributed by atoms with Gasteiger partial charge in [0, 0.05) is 0 Å². The summed E-state index contributed by atoms with van der Waals surface area (Å²) >= 11 is 5.00. The summed E-state index contributed by atoms with van der Waals surface area (Å²) in [7, 11) is 0. The summed E-state index contributed by atoms with van der Waals surface area (Å²) in [6.07, 6.45) is 0. The quantitative estimate of drug-likeness (QED) is 0.783. The molecule has 0 spiro atoms. The Morgan fingerprint density at radius 2 is 1.93 bits per heavy atom. The van der Waals surface area contributed by atoms with E-state index < -0.39 is 0 Å². The molecule has 1 aromatic rings. The Bertz CT molecular complexity index is 380. The molecule has 0 aliphatic carbocycles. The highest BCUT2D eigenvalue weighted by atomic mass is 32.1. The smallest absolute Gasteiger partial charge is 0.130 e. The van der Waals surface area contributed by atoms with Crippen molar-refractivity contribution in [3.63, 3.8) is 0 Å². The zero-order valence-corrected chi connectivity index (χ0v) is 10.4. The van der Waals surface area contributed by atoms with Crippen molar-refractivity contribution < 1.29 is 4.74 Å². The highest BCUT2D eigenvalue weighted by Gasteiger charge is 2.15. The molecular weight excluding hydrogens is 206 g/mol. The molecule has 1 aromatic carbocycles. The summed E-state index contributed by atoms with van der Waals surface area (Å²) in [4.78, 5) is 0.373. The molecule has 0 bridgehead atoms. The number of aryl methyl sites for hydroxylation is 1. The molecule has 0 atom stereocenters. The van der Waals surface area contributed by atoms with Crippen LogP contribution in [0.4, 0.5) is 0 Å². The molecule has 0 unspecified atom stereocenters. The largest absolute Gasteiger partial charge is 0.487 e. The maximum atomic E-state index is 5.78. The highest BCUT2D eigenvalue weighted by Crippen LogP contribution is 2.24. The van der Waals surface area contributed by atoms with Gasteiger partial charge >= 0.3 is 0 Å². The third kappa shape index (κ3) is 3.51. The highest BCUT2D eigenvalue weighted by molar-refractivity contribution is 7.80. The second-order valence-corrected chi connectivity index (χ2v) is 5.02. The fourth-order valence-corrected chi connectivity index (χ4v) is 1.41. The third-order valence-corrected chi connectivity index (χ3v) is 2.04. The number of rotatable bonds is 2. The lowest BCUT2D eigenvalue weighted by Gasteiger charge is -2.23. The Balaban J connectivity index is 3.12. The SMILES string of the molecule is Cc1ccc(OC(C)(C)C)c(C(N)=S)c1. The molecule has 0 heterocycles. The average molecular weight is 223 g/mol. The minimum atomic E-state index is -0.241. The summed E-state index contributed by atoms with van der Waals surface area (Å²) in [5, 5.41) is 0. The average Bonchev–Trinajstić information content (AvgIpc) is 2.05. The maximum absolute atomic E-state index is 5.78. The normalized spacial score (nSPS) is 11.2. The first-order valence-electron chi connectivity index (χ1n) is 4.89. The van der Waals surface area contributed by atoms with E-state index in [1.807, 2.05) is 45.9 Å². The lowest BCUT2D eigenvalue weighted by molar-refractivity contribution is 0.130. The standard InChI is InChI=1S/C12H17NOS/c1-8-5-6-10(14-12(2,3)4)9(7-8)11(13)15/h5-7H,1-4H3,(H2,13,15). The van der Waals surface area contributed by atoms with Crippen LogP contribution in [0.3, 0.4) is 0 Å². The van der Waals surface area contributed by atoms with Gasteiger partial charge in [0.2, 0.25) is 0 Å². The number of hydrogen-bond donors (Lipinski definition) is 1. The van der Waals surface area contributed by atoms with Crippen molar-refractivity contribution in [2.45, 2.75) is 33.3 Å². The second-order valence-electron chi connectivity index (χ2n) is 4.58. The lowest BCUT2D eigenvalue weighted by atomic mass is 10.1. The third-order valence-electron chi connectivity index (χ3n) is 1.82. The second kappa shape index (κ2) is 4.19. The fourth-order valence-electron chi connectivity index (χ4n) is 1.26. The Morgan fingerprint density at radius 3 is 2.40 bits per heavy atom. The van der Waals surface area contributed by atoms with Crippen LogP contribution in [0.1, 0.15) is 31.9 Å². The zero-order chi connectivity index (χ0) is 11.6. The first-order valence-corrected chi connectivity index (χ1v) is 5.30. The van der Waals surface area contributed by atoms with E-state index in [4.69, 9.17) is 22.7 Å². The number of benzene rings is 1. The van der Waals surface area contributed by atoms with Gasteiger partial charge in [-0.05, 0) is 39.8 Å². The molecule has 0 fully saturated rings. The van der Waals surface area contributed by atoms with Gasteiger partial charge in [0.1, 0.15) is 16.3 Å². The van der Waals surface area contributed by atoms with Crippen LogP contribution in [-0.4, -0.2) is 10.6 Å². The van der Waals surface area contributed by atoms with Crippen molar-refractivity contribution in [3.8, 4) is 5.75 Å². The number of nitrogens with two attached hydrogens (primary N) is 1. The maximum Gasteiger partial charge on any atom is 0.130 e. The van der Waals surface area contributed by atoms with Crippen molar-refractivity contribution in [2.24, 2.45) is 5.73 Å². The molecule has 2 N–H and O–H groups in total. The Morgan fingerprint density at radius 1 is 1.33 bits per heavy atom. The Labute approximate surface area is 96.4 Å². The van der Waals surface area contributed by atoms with E-state index in [-0.39, 0.29) is 5.60 Å². The van der Waals surface area contributed by atoms with Crippen molar-refractivity contribution in [2.75, 3.05) is 0 Å². The van der Waals surface area contributed by atoms with Crippen LogP contribution < -0.4 is 10.5 Å². The number of thiocarbonyl (C=S) groups is 1. The summed E-state index contributed by atoms with van der Waals surface area (Å²) in [6.45, 7) is 7.99. The summed E-state index contributed by atoms with van der Waals surface area (Å²) in [5.41, 5.74) is 7.34. The van der Waals surface area contributed by atoms with Gasteiger partial charge in [-0.2, -0.15) is 0 Å². The van der Waals surface area contributed by atoms with Crippen LogP contribution in [0.15, 0.2) is 18.2 Å². The van der Waals surface area contributed by atoms with E-state index in [1.54, 1.807) is 0 Å². The molecule has 15 heavy (non-hydrogen) atoms. The predicted octanol–water partition coefficient (Wildman–Crippen LogP) is 2.81. The van der Waals surface area contributed by atoms with Gasteiger partial charge in [-0.25, -0.2) is 0 Å². The van der Waals surface area contributed by atoms with Gasteiger partial charge in [0.25, 0.3) is 0 Å². The number of hydrogen-bond acceptors (Lipinski definition) is 2. The molecule has 1 rings (SSSR count). The van der Waals surface area contributed by atoms with E-state index in [9.17, 15) is 0 Å². The minimum absolute atomic E-state index is 0.241. The van der Waals surface area contributed by atoms with Crippen LogP contribution >= 0.6 is 12.2 Å². The first-order chi connectivity index (χ1) is 6.79. The van der Waals surface area contributed by atoms with Gasteiger partial charge in [0.05, 0.1) is 5.56 Å². The lowest BCUT2D eigenvalue weighted by Crippen LogP contribution is -2.25. The van der Waals surface area contributed by atoms with Crippen LogP contribution in [0, 0.1) is 6.92 Å². The van der Waals surface area contributed by atoms with E-state index in [2.05, 4.69) is 0 Å². The topological polar surface area (TPSA) is 35.2 Å². The summed E-state index contributed by atoms with van der Waals surface area (Å²) in [6, 6.07) is 5.85. The Kier molecular flexibility index (Phi) is 3.35. The molecule has 0 radical (unpaired) electrons. The van der Waals surface area contributed by atoms with Crippen LogP contribution in [0.2, 0.25) is 0 Å². The summed E-state index contributed by atoms with van der Waals surface area (Å²) in [5.74, 6) is 0.751. The fraction of sp³-hybridized carbons (Fsp3) is 0.417. The van der Waals surface area contributed by atoms with Gasteiger partial charge in [-0.3, -0.25) is 0 Å². The molecule has 0 saturated heterocycles. The predicted molar refractivity (Wildman–Crippen MR) is 67.4 cm³/mol. The zero-order valence-electron chi connectivity index (χ0n) is 9.63. The van der Waals surface area contributed by atoms with Gasteiger partial charge in [-0.1, -0.05) is 23.8 Å². The van der Waals surface area contributed by atoms with Crippen molar-refractivity contribution >= 4 is 17.2 Å². The molecule has 0 aliphatic heterocycles. The minimum Gasteiger partial charge on any atom is -0.487 e. The van der Waals surface area contributed by atoms with Crippen LogP contribution in [0.5, 0.6) is 5.75 Å². The van der Waals surface area contributed by atoms with E-state index >= 15 is 0 Å². The van der Waals surface area contributed by atoms with Crippen molar-refractivity contribution in [1.82, 2.24) is 0 Å². The first kappa shape index (κ1) is 12.0. The van der Waals surface area contributed by atoms with Gasteiger partial charge in [0.15, 0.2) is 0 Å². The van der Waals surface area contributed by atoms with E-state index in [0.29, 0.717) is 4.99 Å². The van der Waals surface area contributed by atoms with Crippen molar-refractivity contribution in [1.29, 1.82) is 0 Å². The molecule has 0 aliphatic rings. The van der Waals surface area contributed by atoms with Gasteiger partial charge < -0.3 is 10.5 Å². The van der Waals surface area contributed by atoms with Crippen LogP contribution in [-0.2, 0) is 0 Å². The molecule has 2 nitrogen and oxygen atoms in total. The molecular formula is C12H17NOS. The van der Waals surface area contributed by atoms with E-state index in [1.165, 1.54) is 0 Å². The molecule has 82 valence electrons. The number of ether oxygens (including phenoxy) is 1. The van der Waals surface area contributed by atoms with Gasteiger partial charge in [-0.15, -0.1) is 0 Å². The Hall–Kier alpha value is -1.09. The molecule has 0 amide bonds. The van der Waals surface area contributed by atoms with Crippen molar-refractivity contribution in [3.05, 3.63) is 29.3 Å². The molecule has 0 saturated carbocycles. The molecule has 3 heteroatoms. The summed E-state index contributed by atoms with van der Waals surface area (Å²) < 4.78 is 5.78. The molecule has 0 aromatic heterocycles. The van der Waals surface area contributed by atoms with Crippen LogP contribution in [0.25, 0.3) is 0 Å². The van der Waals surface area contributed by atoms with E-state index in [0.717, 1.165) is 16.9 Å².